The zero-order valence-electron chi connectivity index (χ0n) is 7.34. The Morgan fingerprint density at radius 2 is 2.21 bits per heavy atom. The van der Waals surface area contributed by atoms with Crippen LogP contribution in [0.1, 0.15) is 0 Å². The fourth-order valence-electron chi connectivity index (χ4n) is 1.41. The molecule has 0 spiro atoms. The predicted octanol–water partition coefficient (Wildman–Crippen LogP) is -0.0929. The third-order valence-electron chi connectivity index (χ3n) is 2.02. The Morgan fingerprint density at radius 1 is 1.57 bits per heavy atom. The standard InChI is InChI=1S/C7H11F3N2O2/c8-7(9,10)4-12-2-1-11-3-5(12)6(13)14/h5,11H,1-4H2,(H,13,14). The summed E-state index contributed by atoms with van der Waals surface area (Å²) < 4.78 is 36.1. The number of halogens is 3. The van der Waals surface area contributed by atoms with Gasteiger partial charge in [-0.05, 0) is 0 Å². The fraction of sp³-hybridized carbons (Fsp3) is 0.857. The van der Waals surface area contributed by atoms with Crippen LogP contribution in [0.3, 0.4) is 0 Å². The smallest absolute Gasteiger partial charge is 0.401 e. The number of nitrogens with one attached hydrogen (secondary N) is 1. The highest BCUT2D eigenvalue weighted by atomic mass is 19.4. The van der Waals surface area contributed by atoms with Gasteiger partial charge in [-0.3, -0.25) is 9.69 Å². The highest BCUT2D eigenvalue weighted by Gasteiger charge is 2.37. The van der Waals surface area contributed by atoms with Crippen LogP contribution in [-0.2, 0) is 4.79 Å². The maximum atomic E-state index is 12.0. The maximum Gasteiger partial charge on any atom is 0.401 e. The van der Waals surface area contributed by atoms with Gasteiger partial charge in [-0.15, -0.1) is 0 Å². The van der Waals surface area contributed by atoms with Gasteiger partial charge in [0.1, 0.15) is 6.04 Å². The highest BCUT2D eigenvalue weighted by molar-refractivity contribution is 5.73. The SMILES string of the molecule is O=C(O)C1CNCCN1CC(F)(F)F. The Balaban J connectivity index is 2.59. The number of rotatable bonds is 2. The van der Waals surface area contributed by atoms with E-state index in [1.165, 1.54) is 0 Å². The largest absolute Gasteiger partial charge is 0.480 e. The van der Waals surface area contributed by atoms with Crippen LogP contribution in [0.4, 0.5) is 13.2 Å². The van der Waals surface area contributed by atoms with E-state index in [1.807, 2.05) is 0 Å². The molecule has 1 aliphatic rings. The molecule has 7 heteroatoms. The second kappa shape index (κ2) is 4.14. The topological polar surface area (TPSA) is 52.6 Å². The molecule has 1 saturated heterocycles. The van der Waals surface area contributed by atoms with Gasteiger partial charge < -0.3 is 10.4 Å². The van der Waals surface area contributed by atoms with Gasteiger partial charge in [0.15, 0.2) is 0 Å². The van der Waals surface area contributed by atoms with E-state index in [-0.39, 0.29) is 13.1 Å². The lowest BCUT2D eigenvalue weighted by molar-refractivity contribution is -0.163. The molecule has 0 radical (unpaired) electrons. The van der Waals surface area contributed by atoms with E-state index in [2.05, 4.69) is 5.32 Å². The van der Waals surface area contributed by atoms with Gasteiger partial charge in [0.05, 0.1) is 6.54 Å². The van der Waals surface area contributed by atoms with Crippen LogP contribution in [0.15, 0.2) is 0 Å². The molecule has 14 heavy (non-hydrogen) atoms. The molecule has 1 aliphatic heterocycles. The van der Waals surface area contributed by atoms with Crippen LogP contribution < -0.4 is 5.32 Å². The van der Waals surface area contributed by atoms with Crippen molar-refractivity contribution in [1.82, 2.24) is 10.2 Å². The summed E-state index contributed by atoms with van der Waals surface area (Å²) in [5.74, 6) is -1.22. The van der Waals surface area contributed by atoms with Crippen molar-refractivity contribution in [2.45, 2.75) is 12.2 Å². The molecule has 82 valence electrons. The van der Waals surface area contributed by atoms with Gasteiger partial charge in [0, 0.05) is 19.6 Å². The molecule has 1 atom stereocenters. The van der Waals surface area contributed by atoms with Crippen molar-refractivity contribution in [3.63, 3.8) is 0 Å². The van der Waals surface area contributed by atoms with Crippen molar-refractivity contribution >= 4 is 5.97 Å². The van der Waals surface area contributed by atoms with Crippen LogP contribution in [0, 0.1) is 0 Å². The lowest BCUT2D eigenvalue weighted by Gasteiger charge is -2.33. The Labute approximate surface area is 78.7 Å². The van der Waals surface area contributed by atoms with E-state index in [9.17, 15) is 18.0 Å². The van der Waals surface area contributed by atoms with Gasteiger partial charge in [-0.25, -0.2) is 0 Å². The Hall–Kier alpha value is -0.820. The Kier molecular flexibility index (Phi) is 3.33. The molecule has 0 aliphatic carbocycles. The molecule has 1 heterocycles. The minimum atomic E-state index is -4.34. The summed E-state index contributed by atoms with van der Waals surface area (Å²) in [5.41, 5.74) is 0. The lowest BCUT2D eigenvalue weighted by atomic mass is 10.2. The van der Waals surface area contributed by atoms with E-state index in [0.717, 1.165) is 4.90 Å². The average molecular weight is 212 g/mol. The summed E-state index contributed by atoms with van der Waals surface area (Å²) in [4.78, 5) is 11.5. The first-order valence-corrected chi connectivity index (χ1v) is 4.14. The van der Waals surface area contributed by atoms with Gasteiger partial charge in [0.25, 0.3) is 0 Å². The minimum Gasteiger partial charge on any atom is -0.480 e. The number of carboxylic acid groups (broad SMARTS) is 1. The molecule has 1 fully saturated rings. The first-order valence-electron chi connectivity index (χ1n) is 4.14. The zero-order valence-corrected chi connectivity index (χ0v) is 7.34. The zero-order chi connectivity index (χ0) is 10.8. The molecule has 0 aromatic heterocycles. The molecular formula is C7H11F3N2O2. The number of carboxylic acids is 1. The second-order valence-electron chi connectivity index (χ2n) is 3.14. The van der Waals surface area contributed by atoms with Crippen LogP contribution in [-0.4, -0.2) is 54.4 Å². The monoisotopic (exact) mass is 212 g/mol. The highest BCUT2D eigenvalue weighted by Crippen LogP contribution is 2.18. The van der Waals surface area contributed by atoms with Gasteiger partial charge in [-0.1, -0.05) is 0 Å². The summed E-state index contributed by atoms with van der Waals surface area (Å²) in [6, 6.07) is -1.08. The summed E-state index contributed by atoms with van der Waals surface area (Å²) in [7, 11) is 0. The Morgan fingerprint density at radius 3 is 2.71 bits per heavy atom. The Bertz CT molecular complexity index is 219. The number of aliphatic carboxylic acids is 1. The molecule has 1 unspecified atom stereocenters. The third-order valence-corrected chi connectivity index (χ3v) is 2.02. The average Bonchev–Trinajstić information content (AvgIpc) is 2.01. The number of piperazine rings is 1. The van der Waals surface area contributed by atoms with E-state index < -0.39 is 24.7 Å². The molecular weight excluding hydrogens is 201 g/mol. The van der Waals surface area contributed by atoms with E-state index in [0.29, 0.717) is 6.54 Å². The number of hydrogen-bond donors (Lipinski definition) is 2. The number of alkyl halides is 3. The van der Waals surface area contributed by atoms with E-state index in [1.54, 1.807) is 0 Å². The summed E-state index contributed by atoms with van der Waals surface area (Å²) in [5, 5.41) is 11.4. The number of nitrogens with zero attached hydrogens (tertiary/aromatic N) is 1. The maximum absolute atomic E-state index is 12.0. The van der Waals surface area contributed by atoms with Gasteiger partial charge in [0.2, 0.25) is 0 Å². The van der Waals surface area contributed by atoms with Crippen molar-refractivity contribution in [2.24, 2.45) is 0 Å². The molecule has 0 bridgehead atoms. The van der Waals surface area contributed by atoms with Crippen molar-refractivity contribution < 1.29 is 23.1 Å². The summed E-state index contributed by atoms with van der Waals surface area (Å²) >= 11 is 0. The van der Waals surface area contributed by atoms with Gasteiger partial charge >= 0.3 is 12.1 Å². The van der Waals surface area contributed by atoms with Crippen molar-refractivity contribution in [2.75, 3.05) is 26.2 Å². The van der Waals surface area contributed by atoms with Gasteiger partial charge in [-0.2, -0.15) is 13.2 Å². The normalized spacial score (nSPS) is 24.9. The van der Waals surface area contributed by atoms with Crippen LogP contribution in [0.5, 0.6) is 0 Å². The molecule has 2 N–H and O–H groups in total. The van der Waals surface area contributed by atoms with Crippen LogP contribution in [0.2, 0.25) is 0 Å². The minimum absolute atomic E-state index is 0.0609. The second-order valence-corrected chi connectivity index (χ2v) is 3.14. The van der Waals surface area contributed by atoms with E-state index in [4.69, 9.17) is 5.11 Å². The van der Waals surface area contributed by atoms with Crippen molar-refractivity contribution in [3.05, 3.63) is 0 Å². The molecule has 0 saturated carbocycles. The first-order chi connectivity index (χ1) is 6.40. The first kappa shape index (κ1) is 11.3. The van der Waals surface area contributed by atoms with Crippen molar-refractivity contribution in [1.29, 1.82) is 0 Å². The van der Waals surface area contributed by atoms with Crippen LogP contribution in [0.25, 0.3) is 0 Å². The van der Waals surface area contributed by atoms with Crippen LogP contribution >= 0.6 is 0 Å². The van der Waals surface area contributed by atoms with E-state index >= 15 is 0 Å². The molecule has 0 aromatic rings. The fourth-order valence-corrected chi connectivity index (χ4v) is 1.41. The molecule has 4 nitrogen and oxygen atoms in total. The number of hydrogen-bond acceptors (Lipinski definition) is 3. The predicted molar refractivity (Wildman–Crippen MR) is 41.9 cm³/mol. The summed E-state index contributed by atoms with van der Waals surface area (Å²) in [6.45, 7) is -0.604. The number of carbonyl (C=O) groups is 1. The molecule has 0 amide bonds. The van der Waals surface area contributed by atoms with Crippen molar-refractivity contribution in [3.8, 4) is 0 Å². The molecule has 0 aromatic carbocycles. The summed E-state index contributed by atoms with van der Waals surface area (Å²) in [6.07, 6.45) is -4.34. The third kappa shape index (κ3) is 3.15. The lowest BCUT2D eigenvalue weighted by Crippen LogP contribution is -2.57. The quantitative estimate of drug-likeness (QED) is 0.671. The molecule has 1 rings (SSSR count).